The summed E-state index contributed by atoms with van der Waals surface area (Å²) in [6.07, 6.45) is 13.9. The van der Waals surface area contributed by atoms with Gasteiger partial charge in [-0.3, -0.25) is 0 Å². The second-order valence-electron chi connectivity index (χ2n) is 12.6. The number of fused-ring (bicyclic) bond motifs is 6. The van der Waals surface area contributed by atoms with Gasteiger partial charge in [-0.2, -0.15) is 0 Å². The minimum absolute atomic E-state index is 0.00978. The Morgan fingerprint density at radius 2 is 1.40 bits per heavy atom. The highest BCUT2D eigenvalue weighted by Gasteiger charge is 2.41. The van der Waals surface area contributed by atoms with Crippen molar-refractivity contribution < 1.29 is 9.47 Å². The summed E-state index contributed by atoms with van der Waals surface area (Å²) in [6, 6.07) is 31.7. The van der Waals surface area contributed by atoms with Crippen molar-refractivity contribution in [1.82, 2.24) is 9.97 Å². The quantitative estimate of drug-likeness (QED) is 0.179. The van der Waals surface area contributed by atoms with Crippen LogP contribution in [0, 0.1) is 0 Å². The van der Waals surface area contributed by atoms with Crippen molar-refractivity contribution in [2.24, 2.45) is 0 Å². The van der Waals surface area contributed by atoms with Crippen molar-refractivity contribution in [3.8, 4) is 50.9 Å². The van der Waals surface area contributed by atoms with Crippen LogP contribution < -0.4 is 9.47 Å². The van der Waals surface area contributed by atoms with Crippen LogP contribution in [0.25, 0.3) is 39.2 Å². The first kappa shape index (κ1) is 28.7. The van der Waals surface area contributed by atoms with E-state index in [-0.39, 0.29) is 17.4 Å². The molecule has 4 heteroatoms. The predicted octanol–water partition coefficient (Wildman–Crippen LogP) is 10.6. The lowest BCUT2D eigenvalue weighted by Crippen LogP contribution is -2.24. The van der Waals surface area contributed by atoms with Gasteiger partial charge in [-0.25, -0.2) is 9.97 Å². The third kappa shape index (κ3) is 4.85. The molecule has 0 fully saturated rings. The molecule has 5 aromatic rings. The fourth-order valence-corrected chi connectivity index (χ4v) is 6.90. The summed E-state index contributed by atoms with van der Waals surface area (Å²) in [5, 5.41) is 0. The van der Waals surface area contributed by atoms with E-state index in [1.54, 1.807) is 12.2 Å². The average molecular weight is 611 g/mol. The molecular formula is C43H34N2O2. The molecule has 228 valence electrons. The van der Waals surface area contributed by atoms with E-state index in [1.807, 2.05) is 30.3 Å². The Bertz CT molecular complexity index is 2150. The average Bonchev–Trinajstić information content (AvgIpc) is 3.50. The van der Waals surface area contributed by atoms with Gasteiger partial charge in [-0.1, -0.05) is 142 Å². The molecule has 0 N–H and O–H groups in total. The number of rotatable bonds is 6. The summed E-state index contributed by atoms with van der Waals surface area (Å²) < 4.78 is 13.2. The number of hydrogen-bond acceptors (Lipinski definition) is 4. The van der Waals surface area contributed by atoms with Crippen molar-refractivity contribution >= 4 is 5.57 Å². The first-order valence-corrected chi connectivity index (χ1v) is 16.0. The molecule has 2 atom stereocenters. The molecule has 47 heavy (non-hydrogen) atoms. The Morgan fingerprint density at radius 1 is 0.723 bits per heavy atom. The van der Waals surface area contributed by atoms with Crippen molar-refractivity contribution in [1.29, 1.82) is 0 Å². The maximum Gasteiger partial charge on any atom is 0.173 e. The first-order valence-electron chi connectivity index (χ1n) is 16.0. The van der Waals surface area contributed by atoms with E-state index < -0.39 is 0 Å². The van der Waals surface area contributed by atoms with Crippen molar-refractivity contribution in [3.63, 3.8) is 0 Å². The molecule has 3 heterocycles. The molecule has 2 aliphatic heterocycles. The smallest absolute Gasteiger partial charge is 0.173 e. The highest BCUT2D eigenvalue weighted by Crippen LogP contribution is 2.56. The molecule has 8 rings (SSSR count). The summed E-state index contributed by atoms with van der Waals surface area (Å²) >= 11 is 0. The summed E-state index contributed by atoms with van der Waals surface area (Å²) in [7, 11) is 0. The predicted molar refractivity (Wildman–Crippen MR) is 191 cm³/mol. The zero-order valence-corrected chi connectivity index (χ0v) is 26.5. The normalized spacial score (nSPS) is 18.2. The Hall–Kier alpha value is -5.74. The van der Waals surface area contributed by atoms with Crippen LogP contribution in [-0.2, 0) is 5.41 Å². The molecule has 4 aromatic carbocycles. The second kappa shape index (κ2) is 11.3. The van der Waals surface area contributed by atoms with Crippen LogP contribution in [0.1, 0.15) is 42.3 Å². The Balaban J connectivity index is 1.15. The minimum Gasteiger partial charge on any atom is -0.481 e. The Labute approximate surface area is 275 Å². The summed E-state index contributed by atoms with van der Waals surface area (Å²) in [6.45, 7) is 12.3. The molecule has 0 amide bonds. The highest BCUT2D eigenvalue weighted by atomic mass is 16.5. The molecule has 0 bridgehead atoms. The monoisotopic (exact) mass is 610 g/mol. The molecule has 0 radical (unpaired) electrons. The van der Waals surface area contributed by atoms with Crippen LogP contribution in [0.2, 0.25) is 0 Å². The number of aromatic nitrogens is 2. The van der Waals surface area contributed by atoms with E-state index in [2.05, 4.69) is 118 Å². The third-order valence-corrected chi connectivity index (χ3v) is 9.47. The van der Waals surface area contributed by atoms with Gasteiger partial charge < -0.3 is 9.47 Å². The van der Waals surface area contributed by atoms with Crippen LogP contribution >= 0.6 is 0 Å². The van der Waals surface area contributed by atoms with Crippen LogP contribution in [0.4, 0.5) is 0 Å². The van der Waals surface area contributed by atoms with Gasteiger partial charge in [0.1, 0.15) is 11.9 Å². The van der Waals surface area contributed by atoms with Crippen molar-refractivity contribution in [2.75, 3.05) is 0 Å². The molecule has 4 nitrogen and oxygen atoms in total. The number of hydrogen-bond donors (Lipinski definition) is 0. The topological polar surface area (TPSA) is 44.2 Å². The largest absolute Gasteiger partial charge is 0.481 e. The zero-order chi connectivity index (χ0) is 32.1. The first-order chi connectivity index (χ1) is 22.9. The van der Waals surface area contributed by atoms with E-state index in [4.69, 9.17) is 19.4 Å². The molecule has 0 saturated carbocycles. The Morgan fingerprint density at radius 3 is 2.15 bits per heavy atom. The van der Waals surface area contributed by atoms with Gasteiger partial charge in [0, 0.05) is 44.7 Å². The fraction of sp³-hybridized carbons (Fsp3) is 0.116. The van der Waals surface area contributed by atoms with E-state index in [0.717, 1.165) is 67.6 Å². The number of nitrogens with zero attached hydrogens (tertiary/aromatic N) is 2. The van der Waals surface area contributed by atoms with Gasteiger partial charge in [0.05, 0.1) is 11.4 Å². The SMILES string of the molecule is C=C/C=C(\C=C)c1nc(-c2ccccc2)cc(-c2ccc(-c3ccc4c(c3)Oc3c(ccc5c3OC3C=CC=CC53)C4(C)C)cc2)n1. The molecule has 1 aliphatic carbocycles. The van der Waals surface area contributed by atoms with Crippen LogP contribution in [0.5, 0.6) is 17.2 Å². The standard InChI is InChI=1S/C43H34N2O2/c1-5-12-27(6-2)42-44-36(29-13-8-7-9-14-29)26-37(45-42)30-19-17-28(18-20-30)31-21-23-34-39(25-31)47-41-35(43(34,3)4)24-22-33-32-15-10-11-16-38(32)46-40(33)41/h5-26,32,38H,1-2H2,3-4H3/b27-12+. The number of ether oxygens (including phenoxy) is 2. The highest BCUT2D eigenvalue weighted by molar-refractivity contribution is 5.77. The molecule has 3 aliphatic rings. The Kier molecular flexibility index (Phi) is 6.87. The van der Waals surface area contributed by atoms with E-state index >= 15 is 0 Å². The van der Waals surface area contributed by atoms with E-state index in [0.29, 0.717) is 5.82 Å². The third-order valence-electron chi connectivity index (χ3n) is 9.47. The van der Waals surface area contributed by atoms with Gasteiger partial charge in [0.25, 0.3) is 0 Å². The number of benzene rings is 4. The van der Waals surface area contributed by atoms with E-state index in [9.17, 15) is 0 Å². The fourth-order valence-electron chi connectivity index (χ4n) is 6.90. The van der Waals surface area contributed by atoms with Gasteiger partial charge in [-0.05, 0) is 29.3 Å². The maximum atomic E-state index is 6.73. The molecule has 2 unspecified atom stereocenters. The lowest BCUT2D eigenvalue weighted by molar-refractivity contribution is 0.257. The molecular weight excluding hydrogens is 576 g/mol. The maximum absolute atomic E-state index is 6.73. The van der Waals surface area contributed by atoms with Crippen LogP contribution in [0.3, 0.4) is 0 Å². The van der Waals surface area contributed by atoms with Gasteiger partial charge in [-0.15, -0.1) is 0 Å². The molecule has 0 spiro atoms. The van der Waals surface area contributed by atoms with Gasteiger partial charge >= 0.3 is 0 Å². The summed E-state index contributed by atoms with van der Waals surface area (Å²) in [5.74, 6) is 3.39. The van der Waals surface area contributed by atoms with Gasteiger partial charge in [0.15, 0.2) is 17.3 Å². The van der Waals surface area contributed by atoms with E-state index in [1.165, 1.54) is 5.56 Å². The zero-order valence-electron chi connectivity index (χ0n) is 26.5. The van der Waals surface area contributed by atoms with Crippen molar-refractivity contribution in [2.45, 2.75) is 31.3 Å². The van der Waals surface area contributed by atoms with Crippen LogP contribution in [0.15, 0.2) is 147 Å². The lowest BCUT2D eigenvalue weighted by Gasteiger charge is -2.35. The van der Waals surface area contributed by atoms with Gasteiger partial charge in [0.2, 0.25) is 0 Å². The molecule has 0 saturated heterocycles. The minimum atomic E-state index is -0.241. The van der Waals surface area contributed by atoms with Crippen molar-refractivity contribution in [3.05, 3.63) is 169 Å². The lowest BCUT2D eigenvalue weighted by atomic mass is 9.74. The number of allylic oxidation sites excluding steroid dienone is 6. The molecule has 1 aromatic heterocycles. The summed E-state index contributed by atoms with van der Waals surface area (Å²) in [5.41, 5.74) is 9.95. The second-order valence-corrected chi connectivity index (χ2v) is 12.6. The van der Waals surface area contributed by atoms with Crippen LogP contribution in [-0.4, -0.2) is 16.1 Å². The summed E-state index contributed by atoms with van der Waals surface area (Å²) in [4.78, 5) is 9.80.